The molecular formula is C14H13N. The van der Waals surface area contributed by atoms with Crippen molar-refractivity contribution in [2.75, 3.05) is 0 Å². The summed E-state index contributed by atoms with van der Waals surface area (Å²) in [6.45, 7) is 3.72. The van der Waals surface area contributed by atoms with Crippen molar-refractivity contribution < 1.29 is 0 Å². The van der Waals surface area contributed by atoms with Gasteiger partial charge in [0.1, 0.15) is 0 Å². The molecule has 0 aliphatic carbocycles. The lowest BCUT2D eigenvalue weighted by molar-refractivity contribution is 1.11. The van der Waals surface area contributed by atoms with Gasteiger partial charge in [0.05, 0.1) is 0 Å². The van der Waals surface area contributed by atoms with Crippen LogP contribution >= 0.6 is 0 Å². The molecule has 0 aliphatic heterocycles. The molecule has 0 spiro atoms. The van der Waals surface area contributed by atoms with Crippen molar-refractivity contribution in [2.45, 2.75) is 6.42 Å². The zero-order valence-electron chi connectivity index (χ0n) is 8.56. The highest BCUT2D eigenvalue weighted by Crippen LogP contribution is 2.18. The van der Waals surface area contributed by atoms with Gasteiger partial charge in [0.2, 0.25) is 0 Å². The van der Waals surface area contributed by atoms with Crippen LogP contribution in [0.25, 0.3) is 11.1 Å². The van der Waals surface area contributed by atoms with E-state index in [2.05, 4.69) is 29.8 Å². The lowest BCUT2D eigenvalue weighted by atomic mass is 10.1. The van der Waals surface area contributed by atoms with Gasteiger partial charge in [-0.15, -0.1) is 6.58 Å². The van der Waals surface area contributed by atoms with E-state index in [-0.39, 0.29) is 0 Å². The van der Waals surface area contributed by atoms with Gasteiger partial charge in [0.15, 0.2) is 0 Å². The Labute approximate surface area is 90.1 Å². The van der Waals surface area contributed by atoms with Crippen LogP contribution in [0.5, 0.6) is 0 Å². The first kappa shape index (κ1) is 9.66. The first-order chi connectivity index (χ1) is 7.40. The summed E-state index contributed by atoms with van der Waals surface area (Å²) in [4.78, 5) is 4.28. The summed E-state index contributed by atoms with van der Waals surface area (Å²) in [5.41, 5.74) is 3.50. The van der Waals surface area contributed by atoms with Crippen LogP contribution in [0.2, 0.25) is 0 Å². The molecule has 15 heavy (non-hydrogen) atoms. The molecule has 1 aromatic carbocycles. The highest BCUT2D eigenvalue weighted by atomic mass is 14.7. The summed E-state index contributed by atoms with van der Waals surface area (Å²) in [6, 6.07) is 14.5. The largest absolute Gasteiger partial charge is 0.261 e. The molecule has 1 nitrogen and oxygen atoms in total. The smallest absolute Gasteiger partial charge is 0.0447 e. The molecule has 0 saturated heterocycles. The third-order valence-corrected chi connectivity index (χ3v) is 2.28. The Bertz CT molecular complexity index is 446. The van der Waals surface area contributed by atoms with E-state index in [9.17, 15) is 0 Å². The maximum Gasteiger partial charge on any atom is 0.0447 e. The molecule has 2 aromatic rings. The van der Waals surface area contributed by atoms with Gasteiger partial charge in [0.25, 0.3) is 0 Å². The number of hydrogen-bond acceptors (Lipinski definition) is 1. The van der Waals surface area contributed by atoms with Gasteiger partial charge >= 0.3 is 0 Å². The molecule has 0 bridgehead atoms. The van der Waals surface area contributed by atoms with Crippen molar-refractivity contribution >= 4 is 0 Å². The molecule has 0 N–H and O–H groups in total. The zero-order valence-corrected chi connectivity index (χ0v) is 8.56. The first-order valence-corrected chi connectivity index (χ1v) is 5.01. The summed E-state index contributed by atoms with van der Waals surface area (Å²) in [7, 11) is 0. The van der Waals surface area contributed by atoms with Gasteiger partial charge < -0.3 is 0 Å². The van der Waals surface area contributed by atoms with Crippen LogP contribution in [-0.2, 0) is 6.42 Å². The van der Waals surface area contributed by atoms with Crippen LogP contribution in [0.3, 0.4) is 0 Å². The fraction of sp³-hybridized carbons (Fsp3) is 0.0714. The van der Waals surface area contributed by atoms with Crippen molar-refractivity contribution in [2.24, 2.45) is 0 Å². The van der Waals surface area contributed by atoms with E-state index in [4.69, 9.17) is 0 Å². The Kier molecular flexibility index (Phi) is 2.93. The molecule has 74 valence electrons. The third kappa shape index (κ3) is 2.32. The van der Waals surface area contributed by atoms with Crippen molar-refractivity contribution in [3.05, 3.63) is 67.0 Å². The molecule has 1 heteroatoms. The highest BCUT2D eigenvalue weighted by Gasteiger charge is 1.97. The summed E-state index contributed by atoms with van der Waals surface area (Å²) < 4.78 is 0. The van der Waals surface area contributed by atoms with Gasteiger partial charge in [-0.05, 0) is 23.3 Å². The fourth-order valence-corrected chi connectivity index (χ4v) is 1.55. The van der Waals surface area contributed by atoms with Crippen LogP contribution in [0.15, 0.2) is 61.3 Å². The van der Waals surface area contributed by atoms with Crippen LogP contribution in [-0.4, -0.2) is 4.98 Å². The lowest BCUT2D eigenvalue weighted by Crippen LogP contribution is -1.87. The second-order valence-corrected chi connectivity index (χ2v) is 3.39. The second kappa shape index (κ2) is 4.56. The average molecular weight is 195 g/mol. The Morgan fingerprint density at radius 3 is 2.60 bits per heavy atom. The van der Waals surface area contributed by atoms with E-state index < -0.39 is 0 Å². The predicted molar refractivity (Wildman–Crippen MR) is 63.6 cm³/mol. The molecule has 1 aromatic heterocycles. The third-order valence-electron chi connectivity index (χ3n) is 2.28. The van der Waals surface area contributed by atoms with Crippen molar-refractivity contribution in [1.82, 2.24) is 4.98 Å². The molecule has 0 fully saturated rings. The molecule has 0 atom stereocenters. The second-order valence-electron chi connectivity index (χ2n) is 3.39. The van der Waals surface area contributed by atoms with Crippen molar-refractivity contribution in [1.29, 1.82) is 0 Å². The zero-order chi connectivity index (χ0) is 10.5. The SMILES string of the molecule is C=CCc1cc(-c2ccccc2)ccn1. The van der Waals surface area contributed by atoms with E-state index in [1.54, 1.807) is 0 Å². The van der Waals surface area contributed by atoms with E-state index in [0.717, 1.165) is 12.1 Å². The molecule has 0 unspecified atom stereocenters. The monoisotopic (exact) mass is 195 g/mol. The Hall–Kier alpha value is -1.89. The summed E-state index contributed by atoms with van der Waals surface area (Å²) >= 11 is 0. The number of benzene rings is 1. The van der Waals surface area contributed by atoms with Gasteiger partial charge in [-0.1, -0.05) is 36.4 Å². The molecular weight excluding hydrogens is 182 g/mol. The maximum absolute atomic E-state index is 4.28. The summed E-state index contributed by atoms with van der Waals surface area (Å²) in [5.74, 6) is 0. The average Bonchev–Trinajstić information content (AvgIpc) is 2.31. The number of rotatable bonds is 3. The van der Waals surface area contributed by atoms with Gasteiger partial charge in [-0.25, -0.2) is 0 Å². The summed E-state index contributed by atoms with van der Waals surface area (Å²) in [5, 5.41) is 0. The molecule has 0 radical (unpaired) electrons. The standard InChI is InChI=1S/C14H13N/c1-2-6-14-11-13(9-10-15-14)12-7-4-3-5-8-12/h2-5,7-11H,1,6H2. The van der Waals surface area contributed by atoms with E-state index in [1.165, 1.54) is 11.1 Å². The van der Waals surface area contributed by atoms with E-state index in [0.29, 0.717) is 0 Å². The van der Waals surface area contributed by atoms with Crippen molar-refractivity contribution in [3.8, 4) is 11.1 Å². The van der Waals surface area contributed by atoms with Crippen LogP contribution in [0.1, 0.15) is 5.69 Å². The van der Waals surface area contributed by atoms with Crippen molar-refractivity contribution in [3.63, 3.8) is 0 Å². The molecule has 0 aliphatic rings. The number of nitrogens with zero attached hydrogens (tertiary/aromatic N) is 1. The summed E-state index contributed by atoms with van der Waals surface area (Å²) in [6.07, 6.45) is 4.54. The van der Waals surface area contributed by atoms with Gasteiger partial charge in [-0.2, -0.15) is 0 Å². The van der Waals surface area contributed by atoms with Crippen LogP contribution < -0.4 is 0 Å². The Balaban J connectivity index is 2.37. The van der Waals surface area contributed by atoms with Crippen LogP contribution in [0, 0.1) is 0 Å². The molecule has 0 saturated carbocycles. The first-order valence-electron chi connectivity index (χ1n) is 5.01. The minimum Gasteiger partial charge on any atom is -0.261 e. The topological polar surface area (TPSA) is 12.9 Å². The molecule has 0 amide bonds. The van der Waals surface area contributed by atoms with E-state index >= 15 is 0 Å². The van der Waals surface area contributed by atoms with Gasteiger partial charge in [0, 0.05) is 18.3 Å². The normalized spacial score (nSPS) is 9.87. The number of hydrogen-bond donors (Lipinski definition) is 0. The number of pyridine rings is 1. The Morgan fingerprint density at radius 2 is 1.87 bits per heavy atom. The van der Waals surface area contributed by atoms with E-state index in [1.807, 2.05) is 36.5 Å². The number of allylic oxidation sites excluding steroid dienone is 1. The maximum atomic E-state index is 4.28. The minimum atomic E-state index is 0.820. The number of aromatic nitrogens is 1. The highest BCUT2D eigenvalue weighted by molar-refractivity contribution is 5.63. The quantitative estimate of drug-likeness (QED) is 0.683. The van der Waals surface area contributed by atoms with Gasteiger partial charge in [-0.3, -0.25) is 4.98 Å². The fourth-order valence-electron chi connectivity index (χ4n) is 1.55. The minimum absolute atomic E-state index is 0.820. The lowest BCUT2D eigenvalue weighted by Gasteiger charge is -2.02. The van der Waals surface area contributed by atoms with Crippen LogP contribution in [0.4, 0.5) is 0 Å². The predicted octanol–water partition coefficient (Wildman–Crippen LogP) is 3.48. The molecule has 2 rings (SSSR count). The molecule has 1 heterocycles. The Morgan fingerprint density at radius 1 is 1.07 bits per heavy atom.